The number of pyridine rings is 1. The van der Waals surface area contributed by atoms with Gasteiger partial charge in [-0.15, -0.1) is 0 Å². The molecule has 5 nitrogen and oxygen atoms in total. The zero-order valence-corrected chi connectivity index (χ0v) is 12.9. The Kier molecular flexibility index (Phi) is 5.80. The van der Waals surface area contributed by atoms with E-state index in [-0.39, 0.29) is 10.6 Å². The number of fused-ring (bicyclic) bond motifs is 1. The van der Waals surface area contributed by atoms with Crippen LogP contribution in [0.4, 0.5) is 11.5 Å². The van der Waals surface area contributed by atoms with Crippen molar-refractivity contribution in [1.29, 1.82) is 0 Å². The monoisotopic (exact) mass is 305 g/mol. The topological polar surface area (TPSA) is 68.1 Å². The Bertz CT molecular complexity index is 619. The Morgan fingerprint density at radius 3 is 2.86 bits per heavy atom. The van der Waals surface area contributed by atoms with E-state index < -0.39 is 0 Å². The molecule has 21 heavy (non-hydrogen) atoms. The maximum Gasteiger partial charge on any atom is 0.270 e. The number of hydrogen-bond acceptors (Lipinski definition) is 5. The van der Waals surface area contributed by atoms with Crippen LogP contribution < -0.4 is 5.32 Å². The lowest BCUT2D eigenvalue weighted by molar-refractivity contribution is -0.384. The van der Waals surface area contributed by atoms with Gasteiger partial charge in [-0.05, 0) is 43.0 Å². The summed E-state index contributed by atoms with van der Waals surface area (Å²) in [4.78, 5) is 14.8. The second kappa shape index (κ2) is 7.83. The predicted octanol–water partition coefficient (Wildman–Crippen LogP) is 4.09. The van der Waals surface area contributed by atoms with Crippen LogP contribution in [0.15, 0.2) is 30.3 Å². The second-order valence-corrected chi connectivity index (χ2v) is 5.80. The van der Waals surface area contributed by atoms with Gasteiger partial charge in [-0.1, -0.05) is 6.42 Å². The van der Waals surface area contributed by atoms with Crippen molar-refractivity contribution in [2.75, 3.05) is 23.9 Å². The van der Waals surface area contributed by atoms with Crippen LogP contribution in [-0.4, -0.2) is 28.5 Å². The number of thioether (sulfide) groups is 1. The van der Waals surface area contributed by atoms with E-state index in [2.05, 4.69) is 16.6 Å². The molecular formula is C15H19N3O2S. The molecule has 0 amide bonds. The molecule has 0 saturated carbocycles. The molecule has 0 aliphatic rings. The van der Waals surface area contributed by atoms with Gasteiger partial charge in [0.05, 0.1) is 10.4 Å². The molecule has 0 atom stereocenters. The molecule has 0 spiro atoms. The summed E-state index contributed by atoms with van der Waals surface area (Å²) in [6.07, 6.45) is 5.72. The number of nitrogens with zero attached hydrogens (tertiary/aromatic N) is 2. The lowest BCUT2D eigenvalue weighted by atomic mass is 10.2. The molecule has 1 N–H and O–H groups in total. The fourth-order valence-electron chi connectivity index (χ4n) is 2.09. The van der Waals surface area contributed by atoms with Crippen molar-refractivity contribution >= 4 is 34.2 Å². The van der Waals surface area contributed by atoms with Gasteiger partial charge in [-0.2, -0.15) is 11.8 Å². The van der Waals surface area contributed by atoms with E-state index in [9.17, 15) is 10.1 Å². The van der Waals surface area contributed by atoms with E-state index in [4.69, 9.17) is 0 Å². The summed E-state index contributed by atoms with van der Waals surface area (Å²) in [5.41, 5.74) is 0.867. The minimum absolute atomic E-state index is 0.0961. The quantitative estimate of drug-likeness (QED) is 0.452. The van der Waals surface area contributed by atoms with Gasteiger partial charge in [-0.25, -0.2) is 4.98 Å². The minimum Gasteiger partial charge on any atom is -0.370 e. The number of nitrogens with one attached hydrogen (secondary N) is 1. The van der Waals surface area contributed by atoms with E-state index in [1.54, 1.807) is 12.1 Å². The van der Waals surface area contributed by atoms with Gasteiger partial charge in [0, 0.05) is 24.1 Å². The molecule has 0 fully saturated rings. The first kappa shape index (κ1) is 15.6. The predicted molar refractivity (Wildman–Crippen MR) is 89.1 cm³/mol. The standard InChI is InChI=1S/C15H19N3O2S/c1-21-10-4-2-3-9-16-15-8-5-12-11-13(18(19)20)6-7-14(12)17-15/h5-8,11H,2-4,9-10H2,1H3,(H,16,17). The summed E-state index contributed by atoms with van der Waals surface area (Å²) in [7, 11) is 0. The summed E-state index contributed by atoms with van der Waals surface area (Å²) < 4.78 is 0. The number of aromatic nitrogens is 1. The maximum absolute atomic E-state index is 10.7. The minimum atomic E-state index is -0.389. The first-order valence-corrected chi connectivity index (χ1v) is 8.38. The molecular weight excluding hydrogens is 286 g/mol. The molecule has 2 rings (SSSR count). The lowest BCUT2D eigenvalue weighted by Gasteiger charge is -2.06. The van der Waals surface area contributed by atoms with Gasteiger partial charge in [-0.3, -0.25) is 10.1 Å². The highest BCUT2D eigenvalue weighted by molar-refractivity contribution is 7.98. The molecule has 1 aromatic carbocycles. The van der Waals surface area contributed by atoms with Crippen LogP contribution in [0, 0.1) is 10.1 Å². The zero-order chi connectivity index (χ0) is 15.1. The molecule has 112 valence electrons. The number of non-ortho nitro benzene ring substituents is 1. The van der Waals surface area contributed by atoms with Crippen molar-refractivity contribution in [1.82, 2.24) is 4.98 Å². The van der Waals surface area contributed by atoms with Crippen molar-refractivity contribution in [3.05, 3.63) is 40.4 Å². The molecule has 0 aliphatic heterocycles. The van der Waals surface area contributed by atoms with Crippen LogP contribution >= 0.6 is 11.8 Å². The number of unbranched alkanes of at least 4 members (excludes halogenated alkanes) is 2. The Labute approximate surface area is 128 Å². The molecule has 0 bridgehead atoms. The van der Waals surface area contributed by atoms with Crippen molar-refractivity contribution < 1.29 is 4.92 Å². The van der Waals surface area contributed by atoms with Crippen LogP contribution in [0.5, 0.6) is 0 Å². The maximum atomic E-state index is 10.7. The Morgan fingerprint density at radius 2 is 2.10 bits per heavy atom. The van der Waals surface area contributed by atoms with Gasteiger partial charge in [0.1, 0.15) is 5.82 Å². The van der Waals surface area contributed by atoms with E-state index in [1.165, 1.54) is 24.7 Å². The van der Waals surface area contributed by atoms with Crippen molar-refractivity contribution in [2.45, 2.75) is 19.3 Å². The highest BCUT2D eigenvalue weighted by Gasteiger charge is 2.06. The van der Waals surface area contributed by atoms with Crippen LogP contribution in [0.3, 0.4) is 0 Å². The van der Waals surface area contributed by atoms with Crippen molar-refractivity contribution in [2.24, 2.45) is 0 Å². The first-order valence-electron chi connectivity index (χ1n) is 6.99. The third kappa shape index (κ3) is 4.60. The number of hydrogen-bond donors (Lipinski definition) is 1. The summed E-state index contributed by atoms with van der Waals surface area (Å²) in [6.45, 7) is 0.903. The number of rotatable bonds is 8. The normalized spacial score (nSPS) is 10.7. The fraction of sp³-hybridized carbons (Fsp3) is 0.400. The summed E-state index contributed by atoms with van der Waals surface area (Å²) >= 11 is 1.88. The second-order valence-electron chi connectivity index (χ2n) is 4.81. The van der Waals surface area contributed by atoms with E-state index in [0.717, 1.165) is 29.7 Å². The SMILES string of the molecule is CSCCCCCNc1ccc2cc([N+](=O)[O-])ccc2n1. The first-order chi connectivity index (χ1) is 10.2. The summed E-state index contributed by atoms with van der Waals surface area (Å²) in [6, 6.07) is 8.46. The zero-order valence-electron chi connectivity index (χ0n) is 12.0. The van der Waals surface area contributed by atoms with Crippen molar-refractivity contribution in [3.8, 4) is 0 Å². The summed E-state index contributed by atoms with van der Waals surface area (Å²) in [5, 5.41) is 14.8. The third-order valence-electron chi connectivity index (χ3n) is 3.21. The van der Waals surface area contributed by atoms with E-state index in [0.29, 0.717) is 0 Å². The van der Waals surface area contributed by atoms with Crippen LogP contribution in [0.1, 0.15) is 19.3 Å². The fourth-order valence-corrected chi connectivity index (χ4v) is 2.58. The van der Waals surface area contributed by atoms with Gasteiger partial charge in [0.2, 0.25) is 0 Å². The highest BCUT2D eigenvalue weighted by atomic mass is 32.2. The molecule has 2 aromatic rings. The number of nitro groups is 1. The lowest BCUT2D eigenvalue weighted by Crippen LogP contribution is -2.03. The number of anilines is 1. The Morgan fingerprint density at radius 1 is 1.24 bits per heavy atom. The summed E-state index contributed by atoms with van der Waals surface area (Å²) in [5.74, 6) is 2.04. The van der Waals surface area contributed by atoms with Gasteiger partial charge in [0.25, 0.3) is 5.69 Å². The average Bonchev–Trinajstić information content (AvgIpc) is 2.50. The van der Waals surface area contributed by atoms with Gasteiger partial charge < -0.3 is 5.32 Å². The molecule has 0 saturated heterocycles. The smallest absolute Gasteiger partial charge is 0.270 e. The average molecular weight is 305 g/mol. The molecule has 0 radical (unpaired) electrons. The number of nitro benzene ring substituents is 1. The van der Waals surface area contributed by atoms with Crippen LogP contribution in [0.2, 0.25) is 0 Å². The molecule has 1 heterocycles. The molecule has 1 aromatic heterocycles. The highest BCUT2D eigenvalue weighted by Crippen LogP contribution is 2.21. The number of benzene rings is 1. The van der Waals surface area contributed by atoms with Gasteiger partial charge >= 0.3 is 0 Å². The molecule has 0 aliphatic carbocycles. The third-order valence-corrected chi connectivity index (χ3v) is 3.91. The van der Waals surface area contributed by atoms with Crippen LogP contribution in [0.25, 0.3) is 10.9 Å². The van der Waals surface area contributed by atoms with Crippen LogP contribution in [-0.2, 0) is 0 Å². The van der Waals surface area contributed by atoms with Gasteiger partial charge in [0.15, 0.2) is 0 Å². The van der Waals surface area contributed by atoms with E-state index in [1.807, 2.05) is 23.9 Å². The Balaban J connectivity index is 1.93. The van der Waals surface area contributed by atoms with Crippen molar-refractivity contribution in [3.63, 3.8) is 0 Å². The molecule has 0 unspecified atom stereocenters. The molecule has 6 heteroatoms. The Hall–Kier alpha value is -1.82. The van der Waals surface area contributed by atoms with E-state index >= 15 is 0 Å². The largest absolute Gasteiger partial charge is 0.370 e.